The Morgan fingerprint density at radius 1 is 0.534 bits per heavy atom. The molecule has 2 amide bonds. The van der Waals surface area contributed by atoms with Crippen LogP contribution in [0, 0.1) is 0 Å². The number of unbranched alkanes of at least 4 members (excludes halogenated alkanes) is 17. The summed E-state index contributed by atoms with van der Waals surface area (Å²) in [5, 5.41) is 22.6. The van der Waals surface area contributed by atoms with E-state index in [1.807, 2.05) is 0 Å². The Labute approximate surface area is 353 Å². The number of hydrogen-bond acceptors (Lipinski definition) is 6. The lowest BCUT2D eigenvalue weighted by Gasteiger charge is -2.18. The van der Waals surface area contributed by atoms with Gasteiger partial charge in [-0.15, -0.1) is 0 Å². The Bertz CT molecular complexity index is 1160. The van der Waals surface area contributed by atoms with Crippen LogP contribution in [0.25, 0.3) is 0 Å². The average molecular weight is 813 g/mol. The number of aliphatic carboxylic acids is 1. The predicted octanol–water partition coefficient (Wildman–Crippen LogP) is 11.7. The van der Waals surface area contributed by atoms with Crippen LogP contribution < -0.4 is 10.6 Å². The number of aliphatic hydroxyl groups excluding tert-OH is 1. The molecule has 0 heterocycles. The molecule has 0 aromatic rings. The van der Waals surface area contributed by atoms with Gasteiger partial charge in [-0.2, -0.15) is 0 Å². The second kappa shape index (κ2) is 43.1. The molecule has 0 aliphatic heterocycles. The van der Waals surface area contributed by atoms with E-state index in [-0.39, 0.29) is 30.9 Å². The summed E-state index contributed by atoms with van der Waals surface area (Å²) in [5.74, 6) is -2.35. The van der Waals surface area contributed by atoms with E-state index in [4.69, 9.17) is 14.9 Å². The molecule has 332 valence electrons. The minimum atomic E-state index is -1.39. The number of carboxylic acid groups (broad SMARTS) is 1. The van der Waals surface area contributed by atoms with E-state index in [9.17, 15) is 19.2 Å². The molecular formula is C49H84N2O7. The number of carboxylic acids is 1. The fourth-order valence-corrected chi connectivity index (χ4v) is 6.46. The minimum Gasteiger partial charge on any atom is -0.480 e. The number of allylic oxidation sites excluding steroid dienone is 10. The van der Waals surface area contributed by atoms with E-state index in [1.54, 1.807) is 0 Å². The average Bonchev–Trinajstić information content (AvgIpc) is 3.21. The molecule has 0 aromatic carbocycles. The van der Waals surface area contributed by atoms with Crippen molar-refractivity contribution in [1.29, 1.82) is 0 Å². The van der Waals surface area contributed by atoms with E-state index < -0.39 is 24.5 Å². The van der Waals surface area contributed by atoms with Crippen LogP contribution in [0.15, 0.2) is 60.8 Å². The lowest BCUT2D eigenvalue weighted by molar-refractivity contribution is -0.150. The van der Waals surface area contributed by atoms with Gasteiger partial charge in [-0.05, 0) is 103 Å². The molecular weight excluding hydrogens is 729 g/mol. The van der Waals surface area contributed by atoms with Crippen LogP contribution in [0.1, 0.15) is 200 Å². The Morgan fingerprint density at radius 2 is 0.983 bits per heavy atom. The van der Waals surface area contributed by atoms with Crippen LogP contribution in [-0.2, 0) is 23.9 Å². The molecule has 0 aliphatic carbocycles. The van der Waals surface area contributed by atoms with Gasteiger partial charge in [-0.25, -0.2) is 4.79 Å². The van der Waals surface area contributed by atoms with Gasteiger partial charge in [0.25, 0.3) is 0 Å². The molecule has 2 unspecified atom stereocenters. The van der Waals surface area contributed by atoms with Gasteiger partial charge < -0.3 is 25.6 Å². The van der Waals surface area contributed by atoms with Gasteiger partial charge in [0, 0.05) is 12.8 Å². The van der Waals surface area contributed by atoms with Gasteiger partial charge in [-0.1, -0.05) is 145 Å². The van der Waals surface area contributed by atoms with Crippen LogP contribution >= 0.6 is 0 Å². The van der Waals surface area contributed by atoms with Gasteiger partial charge >= 0.3 is 11.9 Å². The standard InChI is InChI=1S/C49H84N2O7/c1-3-5-7-9-11-13-15-17-19-21-23-25-27-30-34-38-44(39-35-31-29-32-36-40-46(53)50-42-47(54)51-45(43-52)49(56)57)58-48(55)41-37-33-28-26-24-22-20-18-16-14-12-10-8-6-4-2/h6,8,12,14,18,20-21,23-24,26,44-45,52H,3-5,7,9-11,13,15-17,19,22,25,27-43H2,1-2H3,(H,50,53)(H,51,54)(H,56,57)/b8-6-,14-12-,20-18-,23-21-,26-24-. The first-order valence-corrected chi connectivity index (χ1v) is 23.2. The third kappa shape index (κ3) is 39.4. The van der Waals surface area contributed by atoms with Crippen molar-refractivity contribution in [3.8, 4) is 0 Å². The van der Waals surface area contributed by atoms with Crippen LogP contribution in [0.5, 0.6) is 0 Å². The van der Waals surface area contributed by atoms with E-state index in [0.717, 1.165) is 109 Å². The number of nitrogens with one attached hydrogen (secondary N) is 2. The molecule has 4 N–H and O–H groups in total. The zero-order chi connectivity index (χ0) is 42.6. The molecule has 9 nitrogen and oxygen atoms in total. The van der Waals surface area contributed by atoms with Crippen LogP contribution in [0.3, 0.4) is 0 Å². The summed E-state index contributed by atoms with van der Waals surface area (Å²) in [6, 6.07) is -1.39. The first kappa shape index (κ1) is 54.5. The summed E-state index contributed by atoms with van der Waals surface area (Å²) < 4.78 is 6.02. The predicted molar refractivity (Wildman–Crippen MR) is 240 cm³/mol. The van der Waals surface area contributed by atoms with Crippen molar-refractivity contribution in [3.63, 3.8) is 0 Å². The molecule has 0 saturated heterocycles. The summed E-state index contributed by atoms with van der Waals surface area (Å²) in [6.07, 6.45) is 52.5. The first-order valence-electron chi connectivity index (χ1n) is 23.2. The number of carbonyl (C=O) groups is 4. The largest absolute Gasteiger partial charge is 0.480 e. The molecule has 0 aromatic heterocycles. The minimum absolute atomic E-state index is 0.0529. The summed E-state index contributed by atoms with van der Waals surface area (Å²) >= 11 is 0. The van der Waals surface area contributed by atoms with Gasteiger partial charge in [0.1, 0.15) is 12.1 Å². The quantitative estimate of drug-likeness (QED) is 0.0273. The Balaban J connectivity index is 4.44. The summed E-state index contributed by atoms with van der Waals surface area (Å²) in [4.78, 5) is 47.7. The lowest BCUT2D eigenvalue weighted by atomic mass is 10.0. The molecule has 9 heteroatoms. The lowest BCUT2D eigenvalue weighted by Crippen LogP contribution is -2.47. The number of rotatable bonds is 41. The number of carbonyl (C=O) groups excluding carboxylic acids is 3. The van der Waals surface area contributed by atoms with Crippen molar-refractivity contribution in [2.75, 3.05) is 13.2 Å². The van der Waals surface area contributed by atoms with Gasteiger partial charge in [0.05, 0.1) is 13.2 Å². The maximum Gasteiger partial charge on any atom is 0.328 e. The third-order valence-electron chi connectivity index (χ3n) is 10.00. The van der Waals surface area contributed by atoms with Gasteiger partial charge in [0.15, 0.2) is 0 Å². The topological polar surface area (TPSA) is 142 Å². The molecule has 0 saturated carbocycles. The van der Waals surface area contributed by atoms with Crippen LogP contribution in [-0.4, -0.2) is 59.3 Å². The summed E-state index contributed by atoms with van der Waals surface area (Å²) in [6.45, 7) is 3.36. The number of esters is 1. The molecule has 58 heavy (non-hydrogen) atoms. The zero-order valence-corrected chi connectivity index (χ0v) is 36.8. The SMILES string of the molecule is CC/C=C\C/C=C\C/C=C\C/C=C\CCCCC(=O)OC(CCCCC/C=C\CCCCCCCCCC)CCCCCCCC(=O)NCC(=O)NC(CO)C(=O)O. The Kier molecular flexibility index (Phi) is 40.6. The van der Waals surface area contributed by atoms with Gasteiger partial charge in [0.2, 0.25) is 11.8 Å². The molecule has 0 bridgehead atoms. The fraction of sp³-hybridized carbons (Fsp3) is 0.714. The zero-order valence-electron chi connectivity index (χ0n) is 36.8. The number of hydrogen-bond donors (Lipinski definition) is 4. The van der Waals surface area contributed by atoms with E-state index in [1.165, 1.54) is 57.8 Å². The Morgan fingerprint density at radius 3 is 1.53 bits per heavy atom. The molecule has 0 spiro atoms. The first-order chi connectivity index (χ1) is 28.3. The van der Waals surface area contributed by atoms with Crippen molar-refractivity contribution in [2.45, 2.75) is 212 Å². The second-order valence-corrected chi connectivity index (χ2v) is 15.5. The highest BCUT2D eigenvalue weighted by Gasteiger charge is 2.19. The highest BCUT2D eigenvalue weighted by Crippen LogP contribution is 2.18. The van der Waals surface area contributed by atoms with Crippen molar-refractivity contribution in [1.82, 2.24) is 10.6 Å². The maximum absolute atomic E-state index is 12.8. The number of amides is 2. The van der Waals surface area contributed by atoms with Crippen molar-refractivity contribution in [2.24, 2.45) is 0 Å². The monoisotopic (exact) mass is 813 g/mol. The fourth-order valence-electron chi connectivity index (χ4n) is 6.46. The maximum atomic E-state index is 12.8. The highest BCUT2D eigenvalue weighted by molar-refractivity contribution is 5.87. The van der Waals surface area contributed by atoms with Crippen molar-refractivity contribution < 1.29 is 34.1 Å². The van der Waals surface area contributed by atoms with E-state index in [2.05, 4.69) is 85.2 Å². The third-order valence-corrected chi connectivity index (χ3v) is 10.00. The smallest absolute Gasteiger partial charge is 0.328 e. The summed E-state index contributed by atoms with van der Waals surface area (Å²) in [7, 11) is 0. The molecule has 0 rings (SSSR count). The summed E-state index contributed by atoms with van der Waals surface area (Å²) in [5.41, 5.74) is 0. The molecule has 0 radical (unpaired) electrons. The van der Waals surface area contributed by atoms with Crippen molar-refractivity contribution in [3.05, 3.63) is 60.8 Å². The molecule has 0 aliphatic rings. The second-order valence-electron chi connectivity index (χ2n) is 15.5. The van der Waals surface area contributed by atoms with E-state index >= 15 is 0 Å². The van der Waals surface area contributed by atoms with Crippen LogP contribution in [0.4, 0.5) is 0 Å². The van der Waals surface area contributed by atoms with Gasteiger partial charge in [-0.3, -0.25) is 14.4 Å². The normalized spacial score (nSPS) is 13.0. The molecule has 2 atom stereocenters. The van der Waals surface area contributed by atoms with E-state index in [0.29, 0.717) is 12.8 Å². The molecule has 0 fully saturated rings. The highest BCUT2D eigenvalue weighted by atomic mass is 16.5. The van der Waals surface area contributed by atoms with Crippen molar-refractivity contribution >= 4 is 23.8 Å². The Hall–Kier alpha value is -3.46. The van der Waals surface area contributed by atoms with Crippen LogP contribution in [0.2, 0.25) is 0 Å². The number of ether oxygens (including phenoxy) is 1. The number of aliphatic hydroxyl groups is 1.